The van der Waals surface area contributed by atoms with E-state index in [1.165, 1.54) is 0 Å². The molecule has 0 aliphatic carbocycles. The number of carbonyl (C=O) groups excluding carboxylic acids is 1. The highest BCUT2D eigenvalue weighted by Crippen LogP contribution is 2.07. The summed E-state index contributed by atoms with van der Waals surface area (Å²) in [7, 11) is 2.07. The van der Waals surface area contributed by atoms with Crippen molar-refractivity contribution in [1.82, 2.24) is 10.2 Å². The molecular formula is C11H23N3O. The van der Waals surface area contributed by atoms with Gasteiger partial charge in [0.05, 0.1) is 6.04 Å². The lowest BCUT2D eigenvalue weighted by molar-refractivity contribution is -0.123. The van der Waals surface area contributed by atoms with Gasteiger partial charge < -0.3 is 16.0 Å². The van der Waals surface area contributed by atoms with E-state index in [1.807, 2.05) is 0 Å². The van der Waals surface area contributed by atoms with Gasteiger partial charge in [0.15, 0.2) is 0 Å². The quantitative estimate of drug-likeness (QED) is 0.700. The summed E-state index contributed by atoms with van der Waals surface area (Å²) in [4.78, 5) is 13.9. The van der Waals surface area contributed by atoms with Crippen LogP contribution in [0.2, 0.25) is 0 Å². The van der Waals surface area contributed by atoms with Crippen LogP contribution in [0.15, 0.2) is 0 Å². The SMILES string of the molecule is CC(C)C[C@H](N)C(=O)NC1CCN(C)C1. The molecule has 1 fully saturated rings. The van der Waals surface area contributed by atoms with Crippen molar-refractivity contribution in [3.63, 3.8) is 0 Å². The summed E-state index contributed by atoms with van der Waals surface area (Å²) in [5, 5.41) is 3.01. The third-order valence-electron chi connectivity index (χ3n) is 2.80. The average Bonchev–Trinajstić information content (AvgIpc) is 2.50. The molecule has 1 aliphatic rings. The average molecular weight is 213 g/mol. The highest BCUT2D eigenvalue weighted by Gasteiger charge is 2.23. The van der Waals surface area contributed by atoms with Gasteiger partial charge in [0.1, 0.15) is 0 Å². The molecule has 3 N–H and O–H groups in total. The summed E-state index contributed by atoms with van der Waals surface area (Å²) in [5.41, 5.74) is 5.81. The Kier molecular flexibility index (Phi) is 4.54. The highest BCUT2D eigenvalue weighted by molar-refractivity contribution is 5.81. The molecule has 0 aromatic heterocycles. The fraction of sp³-hybridized carbons (Fsp3) is 0.909. The van der Waals surface area contributed by atoms with Crippen LogP contribution in [-0.2, 0) is 4.79 Å². The Labute approximate surface area is 92.2 Å². The van der Waals surface area contributed by atoms with Crippen LogP contribution in [-0.4, -0.2) is 43.0 Å². The van der Waals surface area contributed by atoms with Crippen LogP contribution in [0, 0.1) is 5.92 Å². The van der Waals surface area contributed by atoms with Crippen LogP contribution in [0.25, 0.3) is 0 Å². The van der Waals surface area contributed by atoms with Crippen molar-refractivity contribution in [2.24, 2.45) is 11.7 Å². The minimum atomic E-state index is -0.351. The number of nitrogens with zero attached hydrogens (tertiary/aromatic N) is 1. The summed E-state index contributed by atoms with van der Waals surface area (Å²) < 4.78 is 0. The van der Waals surface area contributed by atoms with Crippen molar-refractivity contribution < 1.29 is 4.79 Å². The predicted molar refractivity (Wildman–Crippen MR) is 61.5 cm³/mol. The molecule has 1 unspecified atom stereocenters. The molecule has 15 heavy (non-hydrogen) atoms. The van der Waals surface area contributed by atoms with Crippen molar-refractivity contribution >= 4 is 5.91 Å². The zero-order chi connectivity index (χ0) is 11.4. The third-order valence-corrected chi connectivity index (χ3v) is 2.80. The largest absolute Gasteiger partial charge is 0.351 e. The molecular weight excluding hydrogens is 190 g/mol. The summed E-state index contributed by atoms with van der Waals surface area (Å²) in [5.74, 6) is 0.473. The van der Waals surface area contributed by atoms with Gasteiger partial charge in [0.2, 0.25) is 5.91 Å². The second-order valence-corrected chi connectivity index (χ2v) is 4.99. The molecule has 1 rings (SSSR count). The Morgan fingerprint density at radius 2 is 2.27 bits per heavy atom. The summed E-state index contributed by atoms with van der Waals surface area (Å²) in [6.45, 7) is 6.16. The van der Waals surface area contributed by atoms with E-state index >= 15 is 0 Å². The van der Waals surface area contributed by atoms with Crippen molar-refractivity contribution in [2.75, 3.05) is 20.1 Å². The molecule has 4 heteroatoms. The maximum absolute atomic E-state index is 11.7. The Morgan fingerprint density at radius 3 is 2.73 bits per heavy atom. The zero-order valence-electron chi connectivity index (χ0n) is 9.99. The lowest BCUT2D eigenvalue weighted by atomic mass is 10.0. The minimum Gasteiger partial charge on any atom is -0.351 e. The number of rotatable bonds is 4. The molecule has 0 bridgehead atoms. The Balaban J connectivity index is 2.28. The number of hydrogen-bond donors (Lipinski definition) is 2. The van der Waals surface area contributed by atoms with Crippen LogP contribution in [0.3, 0.4) is 0 Å². The molecule has 0 spiro atoms. The molecule has 1 amide bonds. The summed E-state index contributed by atoms with van der Waals surface area (Å²) in [6, 6.07) is -0.0587. The Morgan fingerprint density at radius 1 is 1.60 bits per heavy atom. The fourth-order valence-electron chi connectivity index (χ4n) is 1.98. The highest BCUT2D eigenvalue weighted by atomic mass is 16.2. The number of hydrogen-bond acceptors (Lipinski definition) is 3. The van der Waals surface area contributed by atoms with Gasteiger partial charge in [-0.3, -0.25) is 4.79 Å². The van der Waals surface area contributed by atoms with E-state index < -0.39 is 0 Å². The monoisotopic (exact) mass is 213 g/mol. The molecule has 1 saturated heterocycles. The number of nitrogens with two attached hydrogens (primary N) is 1. The normalized spacial score (nSPS) is 24.5. The number of likely N-dealkylation sites (N-methyl/N-ethyl adjacent to an activating group) is 1. The first-order valence-corrected chi connectivity index (χ1v) is 5.73. The summed E-state index contributed by atoms with van der Waals surface area (Å²) in [6.07, 6.45) is 1.80. The maximum Gasteiger partial charge on any atom is 0.237 e. The van der Waals surface area contributed by atoms with E-state index in [-0.39, 0.29) is 11.9 Å². The molecule has 1 aliphatic heterocycles. The second-order valence-electron chi connectivity index (χ2n) is 4.99. The number of nitrogens with one attached hydrogen (secondary N) is 1. The van der Waals surface area contributed by atoms with E-state index in [1.54, 1.807) is 0 Å². The van der Waals surface area contributed by atoms with E-state index in [2.05, 4.69) is 31.1 Å². The smallest absolute Gasteiger partial charge is 0.237 e. The number of amides is 1. The van der Waals surface area contributed by atoms with Crippen molar-refractivity contribution in [3.8, 4) is 0 Å². The Hall–Kier alpha value is -0.610. The molecule has 0 radical (unpaired) electrons. The van der Waals surface area contributed by atoms with Crippen molar-refractivity contribution in [1.29, 1.82) is 0 Å². The number of likely N-dealkylation sites (tertiary alicyclic amines) is 1. The zero-order valence-corrected chi connectivity index (χ0v) is 9.99. The van der Waals surface area contributed by atoms with Crippen LogP contribution in [0.5, 0.6) is 0 Å². The second kappa shape index (κ2) is 5.47. The first-order valence-electron chi connectivity index (χ1n) is 5.73. The van der Waals surface area contributed by atoms with Gasteiger partial charge in [-0.25, -0.2) is 0 Å². The van der Waals surface area contributed by atoms with Crippen molar-refractivity contribution in [3.05, 3.63) is 0 Å². The van der Waals surface area contributed by atoms with Crippen LogP contribution < -0.4 is 11.1 Å². The van der Waals surface area contributed by atoms with Gasteiger partial charge >= 0.3 is 0 Å². The first kappa shape index (κ1) is 12.5. The molecule has 1 heterocycles. The summed E-state index contributed by atoms with van der Waals surface area (Å²) >= 11 is 0. The molecule has 0 aromatic rings. The number of carbonyl (C=O) groups is 1. The molecule has 2 atom stereocenters. The van der Waals surface area contributed by atoms with Crippen LogP contribution >= 0.6 is 0 Å². The predicted octanol–water partition coefficient (Wildman–Crippen LogP) is 0.180. The van der Waals surface area contributed by atoms with Gasteiger partial charge in [-0.1, -0.05) is 13.8 Å². The van der Waals surface area contributed by atoms with E-state index in [9.17, 15) is 4.79 Å². The van der Waals surface area contributed by atoms with E-state index in [0.717, 1.165) is 25.9 Å². The lowest BCUT2D eigenvalue weighted by Gasteiger charge is -2.18. The van der Waals surface area contributed by atoms with Gasteiger partial charge in [-0.2, -0.15) is 0 Å². The van der Waals surface area contributed by atoms with Crippen LogP contribution in [0.4, 0.5) is 0 Å². The fourth-order valence-corrected chi connectivity index (χ4v) is 1.98. The van der Waals surface area contributed by atoms with Crippen molar-refractivity contribution in [2.45, 2.75) is 38.8 Å². The lowest BCUT2D eigenvalue weighted by Crippen LogP contribution is -2.46. The maximum atomic E-state index is 11.7. The van der Waals surface area contributed by atoms with Gasteiger partial charge in [-0.15, -0.1) is 0 Å². The minimum absolute atomic E-state index is 0.00370. The molecule has 4 nitrogen and oxygen atoms in total. The topological polar surface area (TPSA) is 58.4 Å². The van der Waals surface area contributed by atoms with Crippen LogP contribution in [0.1, 0.15) is 26.7 Å². The standard InChI is InChI=1S/C11H23N3O/c1-8(2)6-10(12)11(15)13-9-4-5-14(3)7-9/h8-10H,4-7,12H2,1-3H3,(H,13,15)/t9?,10-/m0/s1. The Bertz CT molecular complexity index is 218. The molecule has 0 aromatic carbocycles. The van der Waals surface area contributed by atoms with Gasteiger partial charge in [-0.05, 0) is 32.4 Å². The van der Waals surface area contributed by atoms with Gasteiger partial charge in [0.25, 0.3) is 0 Å². The van der Waals surface area contributed by atoms with E-state index in [4.69, 9.17) is 5.73 Å². The third kappa shape index (κ3) is 4.18. The van der Waals surface area contributed by atoms with E-state index in [0.29, 0.717) is 12.0 Å². The first-order chi connectivity index (χ1) is 6.99. The molecule has 88 valence electrons. The molecule has 0 saturated carbocycles. The van der Waals surface area contributed by atoms with Gasteiger partial charge in [0, 0.05) is 12.6 Å².